The molecule has 3 N–H and O–H groups in total. The number of hydrogen-bond acceptors (Lipinski definition) is 4. The Balaban J connectivity index is 1.73. The number of amides is 3. The van der Waals surface area contributed by atoms with Crippen molar-refractivity contribution in [3.05, 3.63) is 0 Å². The molecule has 2 heterocycles. The van der Waals surface area contributed by atoms with Crippen LogP contribution in [0.15, 0.2) is 0 Å². The van der Waals surface area contributed by atoms with Gasteiger partial charge in [0, 0.05) is 38.3 Å². The number of nitrogens with zero attached hydrogens (tertiary/aromatic N) is 2. The number of hydrogen-bond donors (Lipinski definition) is 2. The van der Waals surface area contributed by atoms with Crippen LogP contribution in [0.5, 0.6) is 0 Å². The van der Waals surface area contributed by atoms with E-state index in [1.807, 2.05) is 20.8 Å². The molecule has 2 aliphatic rings. The van der Waals surface area contributed by atoms with Crippen molar-refractivity contribution < 1.29 is 14.3 Å². The van der Waals surface area contributed by atoms with Crippen LogP contribution in [-0.4, -0.2) is 65.8 Å². The fraction of sp³-hybridized carbons (Fsp3) is 0.867. The summed E-state index contributed by atoms with van der Waals surface area (Å²) in [6, 6.07) is 0.354. The third-order valence-corrected chi connectivity index (χ3v) is 4.12. The SMILES string of the molecule is CC(C)(C)OC(=O)N1CCC(NC2CCN(C(N)=O)CC2)C1. The predicted molar refractivity (Wildman–Crippen MR) is 83.5 cm³/mol. The van der Waals surface area contributed by atoms with Crippen molar-refractivity contribution in [3.8, 4) is 0 Å². The van der Waals surface area contributed by atoms with Gasteiger partial charge in [-0.25, -0.2) is 9.59 Å². The summed E-state index contributed by atoms with van der Waals surface area (Å²) in [5, 5.41) is 3.60. The molecule has 0 spiro atoms. The molecule has 0 bridgehead atoms. The maximum Gasteiger partial charge on any atom is 0.410 e. The lowest BCUT2D eigenvalue weighted by Crippen LogP contribution is -2.49. The second kappa shape index (κ2) is 6.73. The van der Waals surface area contributed by atoms with E-state index in [9.17, 15) is 9.59 Å². The number of urea groups is 1. The molecule has 1 unspecified atom stereocenters. The van der Waals surface area contributed by atoms with Gasteiger partial charge in [-0.05, 0) is 40.0 Å². The van der Waals surface area contributed by atoms with Crippen molar-refractivity contribution in [3.63, 3.8) is 0 Å². The van der Waals surface area contributed by atoms with Gasteiger partial charge in [-0.1, -0.05) is 0 Å². The largest absolute Gasteiger partial charge is 0.444 e. The Morgan fingerprint density at radius 1 is 1.05 bits per heavy atom. The molecular formula is C15H28N4O3. The molecule has 2 fully saturated rings. The molecule has 1 atom stereocenters. The van der Waals surface area contributed by atoms with Crippen molar-refractivity contribution >= 4 is 12.1 Å². The number of rotatable bonds is 2. The van der Waals surface area contributed by atoms with E-state index in [2.05, 4.69) is 5.32 Å². The van der Waals surface area contributed by atoms with Crippen LogP contribution in [0.3, 0.4) is 0 Å². The lowest BCUT2D eigenvalue weighted by Gasteiger charge is -2.33. The Morgan fingerprint density at radius 2 is 1.59 bits per heavy atom. The predicted octanol–water partition coefficient (Wildman–Crippen LogP) is 1.13. The Morgan fingerprint density at radius 3 is 2.14 bits per heavy atom. The van der Waals surface area contributed by atoms with Gasteiger partial charge in [0.2, 0.25) is 0 Å². The fourth-order valence-electron chi connectivity index (χ4n) is 2.99. The van der Waals surface area contributed by atoms with Crippen molar-refractivity contribution in [1.29, 1.82) is 0 Å². The molecule has 22 heavy (non-hydrogen) atoms. The zero-order chi connectivity index (χ0) is 16.3. The number of ether oxygens (including phenoxy) is 1. The number of carbonyl (C=O) groups is 2. The molecule has 7 nitrogen and oxygen atoms in total. The summed E-state index contributed by atoms with van der Waals surface area (Å²) in [5.41, 5.74) is 4.83. The van der Waals surface area contributed by atoms with E-state index in [0.29, 0.717) is 31.7 Å². The van der Waals surface area contributed by atoms with Gasteiger partial charge < -0.3 is 25.6 Å². The molecule has 3 amide bonds. The molecule has 2 rings (SSSR count). The van der Waals surface area contributed by atoms with Crippen LogP contribution < -0.4 is 11.1 Å². The Bertz CT molecular complexity index is 414. The van der Waals surface area contributed by atoms with Crippen LogP contribution in [0.1, 0.15) is 40.0 Å². The first-order valence-corrected chi connectivity index (χ1v) is 8.03. The summed E-state index contributed by atoms with van der Waals surface area (Å²) in [5.74, 6) is 0. The first-order chi connectivity index (χ1) is 10.2. The van der Waals surface area contributed by atoms with E-state index in [0.717, 1.165) is 25.8 Å². The monoisotopic (exact) mass is 312 g/mol. The Labute approximate surface area is 132 Å². The smallest absolute Gasteiger partial charge is 0.410 e. The maximum atomic E-state index is 12.0. The number of likely N-dealkylation sites (tertiary alicyclic amines) is 2. The lowest BCUT2D eigenvalue weighted by atomic mass is 10.0. The van der Waals surface area contributed by atoms with Crippen molar-refractivity contribution in [1.82, 2.24) is 15.1 Å². The number of carbonyl (C=O) groups excluding carboxylic acids is 2. The van der Waals surface area contributed by atoms with Crippen molar-refractivity contribution in [2.75, 3.05) is 26.2 Å². The second-order valence-electron chi connectivity index (χ2n) is 7.18. The summed E-state index contributed by atoms with van der Waals surface area (Å²) in [4.78, 5) is 26.6. The zero-order valence-corrected chi connectivity index (χ0v) is 13.8. The van der Waals surface area contributed by atoms with Gasteiger partial charge >= 0.3 is 12.1 Å². The van der Waals surface area contributed by atoms with Gasteiger partial charge in [0.05, 0.1) is 0 Å². The van der Waals surface area contributed by atoms with Crippen LogP contribution in [0.25, 0.3) is 0 Å². The van der Waals surface area contributed by atoms with Gasteiger partial charge in [0.25, 0.3) is 0 Å². The average Bonchev–Trinajstić information content (AvgIpc) is 2.86. The molecule has 0 radical (unpaired) electrons. The summed E-state index contributed by atoms with van der Waals surface area (Å²) >= 11 is 0. The maximum absolute atomic E-state index is 12.0. The summed E-state index contributed by atoms with van der Waals surface area (Å²) < 4.78 is 5.40. The van der Waals surface area contributed by atoms with Crippen molar-refractivity contribution in [2.24, 2.45) is 5.73 Å². The normalized spacial score (nSPS) is 23.7. The van der Waals surface area contributed by atoms with Gasteiger partial charge in [0.1, 0.15) is 5.60 Å². The number of nitrogens with two attached hydrogens (primary N) is 1. The first kappa shape index (κ1) is 16.9. The minimum absolute atomic E-state index is 0.236. The fourth-order valence-corrected chi connectivity index (χ4v) is 2.99. The van der Waals surface area contributed by atoms with E-state index in [1.54, 1.807) is 9.80 Å². The van der Waals surface area contributed by atoms with Gasteiger partial charge in [-0.15, -0.1) is 0 Å². The van der Waals surface area contributed by atoms with Crippen molar-refractivity contribution in [2.45, 2.75) is 57.7 Å². The minimum atomic E-state index is -0.454. The molecular weight excluding hydrogens is 284 g/mol. The molecule has 126 valence electrons. The molecule has 0 aromatic heterocycles. The average molecular weight is 312 g/mol. The molecule has 0 aliphatic carbocycles. The molecule has 7 heteroatoms. The van der Waals surface area contributed by atoms with Crippen LogP contribution in [0, 0.1) is 0 Å². The number of primary amides is 1. The topological polar surface area (TPSA) is 87.9 Å². The molecule has 0 aromatic carbocycles. The minimum Gasteiger partial charge on any atom is -0.444 e. The van der Waals surface area contributed by atoms with Crippen LogP contribution >= 0.6 is 0 Å². The molecule has 2 aliphatic heterocycles. The van der Waals surface area contributed by atoms with E-state index in [1.165, 1.54) is 0 Å². The van der Waals surface area contributed by atoms with Gasteiger partial charge in [-0.3, -0.25) is 0 Å². The summed E-state index contributed by atoms with van der Waals surface area (Å²) in [6.45, 7) is 8.46. The van der Waals surface area contributed by atoms with E-state index in [4.69, 9.17) is 10.5 Å². The lowest BCUT2D eigenvalue weighted by molar-refractivity contribution is 0.0289. The van der Waals surface area contributed by atoms with Crippen LogP contribution in [0.4, 0.5) is 9.59 Å². The highest BCUT2D eigenvalue weighted by atomic mass is 16.6. The third-order valence-electron chi connectivity index (χ3n) is 4.12. The highest BCUT2D eigenvalue weighted by Crippen LogP contribution is 2.17. The van der Waals surface area contributed by atoms with Crippen LogP contribution in [-0.2, 0) is 4.74 Å². The molecule has 0 aromatic rings. The highest BCUT2D eigenvalue weighted by molar-refractivity contribution is 5.72. The Kier molecular flexibility index (Phi) is 5.16. The molecule has 2 saturated heterocycles. The zero-order valence-electron chi connectivity index (χ0n) is 13.8. The first-order valence-electron chi connectivity index (χ1n) is 8.03. The van der Waals surface area contributed by atoms with E-state index >= 15 is 0 Å². The standard InChI is InChI=1S/C15H28N4O3/c1-15(2,3)22-14(21)19-9-6-12(10-19)17-11-4-7-18(8-5-11)13(16)20/h11-12,17H,4-10H2,1-3H3,(H2,16,20). The number of nitrogens with one attached hydrogen (secondary N) is 1. The summed E-state index contributed by atoms with van der Waals surface area (Å²) in [7, 11) is 0. The van der Waals surface area contributed by atoms with E-state index in [-0.39, 0.29) is 12.1 Å². The highest BCUT2D eigenvalue weighted by Gasteiger charge is 2.31. The number of piperidine rings is 1. The third kappa shape index (κ3) is 4.76. The van der Waals surface area contributed by atoms with Gasteiger partial charge in [-0.2, -0.15) is 0 Å². The summed E-state index contributed by atoms with van der Waals surface area (Å²) in [6.07, 6.45) is 2.52. The Hall–Kier alpha value is -1.50. The second-order valence-corrected chi connectivity index (χ2v) is 7.18. The quantitative estimate of drug-likeness (QED) is 0.800. The van der Waals surface area contributed by atoms with Gasteiger partial charge in [0.15, 0.2) is 0 Å². The molecule has 0 saturated carbocycles. The van der Waals surface area contributed by atoms with E-state index < -0.39 is 5.60 Å². The van der Waals surface area contributed by atoms with Crippen LogP contribution in [0.2, 0.25) is 0 Å².